The number of nitrogens with one attached hydrogen (secondary N) is 3. The first-order chi connectivity index (χ1) is 9.10. The van der Waals surface area contributed by atoms with Crippen LogP contribution in [0.2, 0.25) is 0 Å². The number of hydrogen-bond acceptors (Lipinski definition) is 4. The average Bonchev–Trinajstić information content (AvgIpc) is 2.72. The third-order valence-electron chi connectivity index (χ3n) is 2.91. The fourth-order valence-corrected chi connectivity index (χ4v) is 1.95. The van der Waals surface area contributed by atoms with Gasteiger partial charge in [0.15, 0.2) is 0 Å². The Hall–Kier alpha value is -2.24. The SMILES string of the molecule is CCCNC(=O)CNc1cc2c(cc1N)CC(=O)N2. The number of nitrogen functional groups attached to an aromatic ring is 1. The van der Waals surface area contributed by atoms with Crippen molar-refractivity contribution in [3.63, 3.8) is 0 Å². The van der Waals surface area contributed by atoms with Gasteiger partial charge in [-0.2, -0.15) is 0 Å². The van der Waals surface area contributed by atoms with Crippen LogP contribution in [0.5, 0.6) is 0 Å². The Labute approximate surface area is 111 Å². The topological polar surface area (TPSA) is 96.2 Å². The zero-order chi connectivity index (χ0) is 13.8. The minimum Gasteiger partial charge on any atom is -0.397 e. The molecule has 1 aromatic carbocycles. The van der Waals surface area contributed by atoms with Gasteiger partial charge in [0, 0.05) is 12.2 Å². The molecule has 0 aliphatic carbocycles. The van der Waals surface area contributed by atoms with Crippen molar-refractivity contribution >= 4 is 28.9 Å². The van der Waals surface area contributed by atoms with Crippen molar-refractivity contribution in [2.75, 3.05) is 29.5 Å². The molecule has 6 nitrogen and oxygen atoms in total. The summed E-state index contributed by atoms with van der Waals surface area (Å²) in [6.45, 7) is 2.82. The molecular formula is C13H18N4O2. The molecule has 19 heavy (non-hydrogen) atoms. The van der Waals surface area contributed by atoms with Gasteiger partial charge in [0.25, 0.3) is 0 Å². The lowest BCUT2D eigenvalue weighted by Crippen LogP contribution is -2.30. The smallest absolute Gasteiger partial charge is 0.239 e. The second kappa shape index (κ2) is 5.60. The highest BCUT2D eigenvalue weighted by Crippen LogP contribution is 2.31. The molecule has 1 aliphatic heterocycles. The van der Waals surface area contributed by atoms with Crippen LogP contribution in [0.25, 0.3) is 0 Å². The molecule has 2 amide bonds. The number of rotatable bonds is 5. The zero-order valence-electron chi connectivity index (χ0n) is 10.9. The lowest BCUT2D eigenvalue weighted by molar-refractivity contribution is -0.119. The van der Waals surface area contributed by atoms with Crippen LogP contribution < -0.4 is 21.7 Å². The largest absolute Gasteiger partial charge is 0.397 e. The number of amides is 2. The number of hydrogen-bond donors (Lipinski definition) is 4. The Morgan fingerprint density at radius 2 is 2.26 bits per heavy atom. The Bertz CT molecular complexity index is 514. The van der Waals surface area contributed by atoms with Crippen molar-refractivity contribution in [3.8, 4) is 0 Å². The van der Waals surface area contributed by atoms with E-state index in [-0.39, 0.29) is 18.4 Å². The van der Waals surface area contributed by atoms with Crippen LogP contribution in [0.15, 0.2) is 12.1 Å². The molecule has 0 atom stereocenters. The highest BCUT2D eigenvalue weighted by atomic mass is 16.2. The minimum atomic E-state index is -0.0780. The van der Waals surface area contributed by atoms with Gasteiger partial charge < -0.3 is 21.7 Å². The highest BCUT2D eigenvalue weighted by Gasteiger charge is 2.19. The maximum atomic E-state index is 11.5. The summed E-state index contributed by atoms with van der Waals surface area (Å²) < 4.78 is 0. The molecule has 0 saturated carbocycles. The van der Waals surface area contributed by atoms with E-state index < -0.39 is 0 Å². The van der Waals surface area contributed by atoms with E-state index in [2.05, 4.69) is 16.0 Å². The fraction of sp³-hybridized carbons (Fsp3) is 0.385. The first-order valence-electron chi connectivity index (χ1n) is 6.33. The van der Waals surface area contributed by atoms with E-state index in [9.17, 15) is 9.59 Å². The van der Waals surface area contributed by atoms with E-state index in [0.29, 0.717) is 24.3 Å². The van der Waals surface area contributed by atoms with Gasteiger partial charge in [0.2, 0.25) is 11.8 Å². The molecule has 0 radical (unpaired) electrons. The number of anilines is 3. The van der Waals surface area contributed by atoms with Crippen molar-refractivity contribution < 1.29 is 9.59 Å². The van der Waals surface area contributed by atoms with Crippen molar-refractivity contribution in [3.05, 3.63) is 17.7 Å². The third kappa shape index (κ3) is 3.15. The highest BCUT2D eigenvalue weighted by molar-refractivity contribution is 6.01. The molecule has 0 spiro atoms. The Balaban J connectivity index is 2.00. The molecule has 1 aliphatic rings. The maximum Gasteiger partial charge on any atom is 0.239 e. The van der Waals surface area contributed by atoms with Gasteiger partial charge in [-0.3, -0.25) is 9.59 Å². The van der Waals surface area contributed by atoms with Crippen LogP contribution in [0.3, 0.4) is 0 Å². The van der Waals surface area contributed by atoms with E-state index in [4.69, 9.17) is 5.73 Å². The molecule has 0 saturated heterocycles. The molecule has 6 heteroatoms. The maximum absolute atomic E-state index is 11.5. The lowest BCUT2D eigenvalue weighted by atomic mass is 10.1. The molecule has 0 unspecified atom stereocenters. The van der Waals surface area contributed by atoms with Gasteiger partial charge in [-0.25, -0.2) is 0 Å². The van der Waals surface area contributed by atoms with Gasteiger partial charge in [-0.1, -0.05) is 6.92 Å². The molecule has 0 fully saturated rings. The number of fused-ring (bicyclic) bond motifs is 1. The first kappa shape index (κ1) is 13.2. The molecule has 2 rings (SSSR count). The van der Waals surface area contributed by atoms with Crippen LogP contribution in [-0.2, 0) is 16.0 Å². The number of benzene rings is 1. The average molecular weight is 262 g/mol. The van der Waals surface area contributed by atoms with Crippen LogP contribution in [0, 0.1) is 0 Å². The molecule has 1 aromatic rings. The van der Waals surface area contributed by atoms with E-state index in [1.54, 1.807) is 12.1 Å². The van der Waals surface area contributed by atoms with E-state index >= 15 is 0 Å². The van der Waals surface area contributed by atoms with Crippen LogP contribution in [-0.4, -0.2) is 24.9 Å². The lowest BCUT2D eigenvalue weighted by Gasteiger charge is -2.11. The quantitative estimate of drug-likeness (QED) is 0.587. The second-order valence-electron chi connectivity index (χ2n) is 4.53. The first-order valence-corrected chi connectivity index (χ1v) is 6.33. The molecule has 102 valence electrons. The van der Waals surface area contributed by atoms with Gasteiger partial charge in [0.05, 0.1) is 24.3 Å². The Kier molecular flexibility index (Phi) is 3.89. The van der Waals surface area contributed by atoms with Crippen molar-refractivity contribution in [1.82, 2.24) is 5.32 Å². The molecule has 5 N–H and O–H groups in total. The van der Waals surface area contributed by atoms with Crippen molar-refractivity contribution in [2.24, 2.45) is 0 Å². The van der Waals surface area contributed by atoms with Gasteiger partial charge in [-0.05, 0) is 24.1 Å². The van der Waals surface area contributed by atoms with Crippen LogP contribution >= 0.6 is 0 Å². The summed E-state index contributed by atoms with van der Waals surface area (Å²) in [4.78, 5) is 22.8. The van der Waals surface area contributed by atoms with Gasteiger partial charge in [-0.15, -0.1) is 0 Å². The summed E-state index contributed by atoms with van der Waals surface area (Å²) in [6, 6.07) is 3.53. The molecule has 0 aromatic heterocycles. The molecular weight excluding hydrogens is 244 g/mol. The van der Waals surface area contributed by atoms with E-state index in [1.807, 2.05) is 6.92 Å². The summed E-state index contributed by atoms with van der Waals surface area (Å²) in [6.07, 6.45) is 1.26. The van der Waals surface area contributed by atoms with Crippen LogP contribution in [0.1, 0.15) is 18.9 Å². The number of carbonyl (C=O) groups is 2. The van der Waals surface area contributed by atoms with E-state index in [1.165, 1.54) is 0 Å². The minimum absolute atomic E-state index is 0.0350. The molecule has 1 heterocycles. The predicted octanol–water partition coefficient (Wildman–Crippen LogP) is 0.701. The van der Waals surface area contributed by atoms with Crippen molar-refractivity contribution in [2.45, 2.75) is 19.8 Å². The Morgan fingerprint density at radius 1 is 1.47 bits per heavy atom. The zero-order valence-corrected chi connectivity index (χ0v) is 10.9. The third-order valence-corrected chi connectivity index (χ3v) is 2.91. The van der Waals surface area contributed by atoms with Gasteiger partial charge in [0.1, 0.15) is 0 Å². The van der Waals surface area contributed by atoms with Gasteiger partial charge >= 0.3 is 0 Å². The molecule has 0 bridgehead atoms. The summed E-state index contributed by atoms with van der Waals surface area (Å²) in [7, 11) is 0. The monoisotopic (exact) mass is 262 g/mol. The normalized spacial score (nSPS) is 12.8. The van der Waals surface area contributed by atoms with Crippen LogP contribution in [0.4, 0.5) is 17.1 Å². The Morgan fingerprint density at radius 3 is 3.00 bits per heavy atom. The summed E-state index contributed by atoms with van der Waals surface area (Å²) in [5.41, 5.74) is 8.74. The number of nitrogens with two attached hydrogens (primary N) is 1. The predicted molar refractivity (Wildman–Crippen MR) is 75.0 cm³/mol. The summed E-state index contributed by atoms with van der Waals surface area (Å²) >= 11 is 0. The standard InChI is InChI=1S/C13H18N4O2/c1-2-3-15-13(19)7-16-11-6-10-8(4-9(11)14)5-12(18)17-10/h4,6,16H,2-3,5,7,14H2,1H3,(H,15,19)(H,17,18). The summed E-state index contributed by atoms with van der Waals surface area (Å²) in [5, 5.41) is 8.50. The van der Waals surface area contributed by atoms with Crippen molar-refractivity contribution in [1.29, 1.82) is 0 Å². The second-order valence-corrected chi connectivity index (χ2v) is 4.53. The fourth-order valence-electron chi connectivity index (χ4n) is 1.95. The summed E-state index contributed by atoms with van der Waals surface area (Å²) in [5.74, 6) is -0.113. The number of carbonyl (C=O) groups excluding carboxylic acids is 2. The van der Waals surface area contributed by atoms with E-state index in [0.717, 1.165) is 17.7 Å².